The van der Waals surface area contributed by atoms with Gasteiger partial charge in [-0.3, -0.25) is 4.79 Å². The van der Waals surface area contributed by atoms with E-state index in [1.54, 1.807) is 0 Å². The molecule has 28 heavy (non-hydrogen) atoms. The smallest absolute Gasteiger partial charge is 0.261 e. The van der Waals surface area contributed by atoms with Gasteiger partial charge >= 0.3 is 0 Å². The van der Waals surface area contributed by atoms with E-state index in [4.69, 9.17) is 9.26 Å². The Bertz CT molecular complexity index is 948. The number of carbonyl (C=O) groups is 1. The lowest BCUT2D eigenvalue weighted by Crippen LogP contribution is -2.37. The van der Waals surface area contributed by atoms with Gasteiger partial charge in [0.05, 0.1) is 6.54 Å². The molecular weight excluding hydrogens is 354 g/mol. The van der Waals surface area contributed by atoms with Crippen LogP contribution in [0.5, 0.6) is 5.75 Å². The average molecular weight is 379 g/mol. The molecule has 6 heteroatoms. The van der Waals surface area contributed by atoms with Gasteiger partial charge in [0.15, 0.2) is 6.10 Å². The van der Waals surface area contributed by atoms with Gasteiger partial charge in [-0.1, -0.05) is 59.6 Å². The van der Waals surface area contributed by atoms with Crippen LogP contribution in [0.15, 0.2) is 47.0 Å². The zero-order chi connectivity index (χ0) is 20.1. The molecule has 1 amide bonds. The van der Waals surface area contributed by atoms with Crippen LogP contribution in [0.2, 0.25) is 0 Å². The fourth-order valence-electron chi connectivity index (χ4n) is 2.83. The van der Waals surface area contributed by atoms with Crippen molar-refractivity contribution in [1.82, 2.24) is 15.5 Å². The Morgan fingerprint density at radius 2 is 1.82 bits per heavy atom. The minimum absolute atomic E-state index is 0.157. The van der Waals surface area contributed by atoms with E-state index in [0.29, 0.717) is 23.9 Å². The number of hydrogen-bond donors (Lipinski definition) is 1. The highest BCUT2D eigenvalue weighted by atomic mass is 16.5. The lowest BCUT2D eigenvalue weighted by Gasteiger charge is -2.18. The molecule has 3 aromatic rings. The van der Waals surface area contributed by atoms with E-state index < -0.39 is 6.10 Å². The maximum Gasteiger partial charge on any atom is 0.261 e. The van der Waals surface area contributed by atoms with Gasteiger partial charge in [0.1, 0.15) is 5.75 Å². The maximum atomic E-state index is 12.5. The second-order valence-electron chi connectivity index (χ2n) is 6.88. The first kappa shape index (κ1) is 19.6. The molecule has 0 aliphatic heterocycles. The third-order valence-corrected chi connectivity index (χ3v) is 4.45. The zero-order valence-electron chi connectivity index (χ0n) is 16.7. The number of aryl methyl sites for hydroxylation is 3. The summed E-state index contributed by atoms with van der Waals surface area (Å²) in [5.74, 6) is 1.36. The van der Waals surface area contributed by atoms with Gasteiger partial charge < -0.3 is 14.6 Å². The normalized spacial score (nSPS) is 11.9. The lowest BCUT2D eigenvalue weighted by atomic mass is 10.1. The predicted octanol–water partition coefficient (Wildman–Crippen LogP) is 4.14. The first-order chi connectivity index (χ1) is 13.5. The van der Waals surface area contributed by atoms with Crippen LogP contribution in [-0.4, -0.2) is 22.2 Å². The molecule has 0 aliphatic carbocycles. The van der Waals surface area contributed by atoms with Crippen molar-refractivity contribution >= 4 is 5.91 Å². The largest absolute Gasteiger partial charge is 0.480 e. The van der Waals surface area contributed by atoms with Gasteiger partial charge in [-0.25, -0.2) is 0 Å². The van der Waals surface area contributed by atoms with Crippen molar-refractivity contribution in [2.45, 2.75) is 46.8 Å². The molecule has 1 N–H and O–H groups in total. The molecule has 6 nitrogen and oxygen atoms in total. The van der Waals surface area contributed by atoms with Crippen molar-refractivity contribution in [3.8, 4) is 17.1 Å². The predicted molar refractivity (Wildman–Crippen MR) is 107 cm³/mol. The number of rotatable bonds is 7. The van der Waals surface area contributed by atoms with Crippen LogP contribution < -0.4 is 10.1 Å². The van der Waals surface area contributed by atoms with Crippen molar-refractivity contribution in [2.24, 2.45) is 0 Å². The molecule has 1 unspecified atom stereocenters. The summed E-state index contributed by atoms with van der Waals surface area (Å²) in [7, 11) is 0. The molecule has 2 aromatic carbocycles. The summed E-state index contributed by atoms with van der Waals surface area (Å²) in [6, 6.07) is 13.8. The number of aromatic nitrogens is 2. The van der Waals surface area contributed by atoms with E-state index in [1.807, 2.05) is 70.2 Å². The van der Waals surface area contributed by atoms with Crippen LogP contribution >= 0.6 is 0 Å². The van der Waals surface area contributed by atoms with Gasteiger partial charge in [0, 0.05) is 5.56 Å². The average Bonchev–Trinajstić information content (AvgIpc) is 3.15. The van der Waals surface area contributed by atoms with Crippen LogP contribution in [-0.2, 0) is 11.3 Å². The zero-order valence-corrected chi connectivity index (χ0v) is 16.7. The SMILES string of the molecule is CCC(Oc1ccc(C)cc1C)C(=O)NCc1nc(-c2ccc(C)cc2)no1. The molecule has 1 heterocycles. The first-order valence-electron chi connectivity index (χ1n) is 9.37. The van der Waals surface area contributed by atoms with Crippen molar-refractivity contribution in [1.29, 1.82) is 0 Å². The van der Waals surface area contributed by atoms with Crippen LogP contribution in [0.25, 0.3) is 11.4 Å². The highest BCUT2D eigenvalue weighted by Gasteiger charge is 2.20. The Labute approximate surface area is 164 Å². The van der Waals surface area contributed by atoms with Crippen LogP contribution in [0.3, 0.4) is 0 Å². The molecule has 0 saturated heterocycles. The Morgan fingerprint density at radius 3 is 2.50 bits per heavy atom. The minimum atomic E-state index is -0.583. The number of amides is 1. The molecule has 0 spiro atoms. The minimum Gasteiger partial charge on any atom is -0.480 e. The molecule has 1 aromatic heterocycles. The number of hydrogen-bond acceptors (Lipinski definition) is 5. The molecule has 0 bridgehead atoms. The summed E-state index contributed by atoms with van der Waals surface area (Å²) in [6.45, 7) is 8.08. The number of ether oxygens (including phenoxy) is 1. The molecule has 0 fully saturated rings. The second-order valence-corrected chi connectivity index (χ2v) is 6.88. The van der Waals surface area contributed by atoms with Gasteiger partial charge in [0.2, 0.25) is 11.7 Å². The highest BCUT2D eigenvalue weighted by Crippen LogP contribution is 2.21. The molecule has 0 radical (unpaired) electrons. The third-order valence-electron chi connectivity index (χ3n) is 4.45. The van der Waals surface area contributed by atoms with Gasteiger partial charge in [-0.2, -0.15) is 4.98 Å². The van der Waals surface area contributed by atoms with E-state index >= 15 is 0 Å². The van der Waals surface area contributed by atoms with Crippen molar-refractivity contribution in [2.75, 3.05) is 0 Å². The van der Waals surface area contributed by atoms with E-state index in [2.05, 4.69) is 15.5 Å². The number of nitrogens with one attached hydrogen (secondary N) is 1. The van der Waals surface area contributed by atoms with E-state index in [0.717, 1.165) is 22.3 Å². The fourth-order valence-corrected chi connectivity index (χ4v) is 2.83. The number of benzene rings is 2. The maximum absolute atomic E-state index is 12.5. The van der Waals surface area contributed by atoms with Crippen LogP contribution in [0.1, 0.15) is 35.9 Å². The number of nitrogens with zero attached hydrogens (tertiary/aromatic N) is 2. The Kier molecular flexibility index (Phi) is 6.09. The third kappa shape index (κ3) is 4.76. The number of carbonyl (C=O) groups excluding carboxylic acids is 1. The summed E-state index contributed by atoms with van der Waals surface area (Å²) in [5.41, 5.74) is 4.19. The summed E-state index contributed by atoms with van der Waals surface area (Å²) in [5, 5.41) is 6.79. The fraction of sp³-hybridized carbons (Fsp3) is 0.318. The van der Waals surface area contributed by atoms with Crippen LogP contribution in [0, 0.1) is 20.8 Å². The van der Waals surface area contributed by atoms with E-state index in [-0.39, 0.29) is 12.5 Å². The quantitative estimate of drug-likeness (QED) is 0.668. The Hall–Kier alpha value is -3.15. The summed E-state index contributed by atoms with van der Waals surface area (Å²) >= 11 is 0. The second kappa shape index (κ2) is 8.69. The Morgan fingerprint density at radius 1 is 1.11 bits per heavy atom. The van der Waals surface area contributed by atoms with E-state index in [9.17, 15) is 4.79 Å². The van der Waals surface area contributed by atoms with Crippen molar-refractivity contribution in [3.05, 3.63) is 65.0 Å². The molecule has 0 saturated carbocycles. The monoisotopic (exact) mass is 379 g/mol. The molecule has 3 rings (SSSR count). The van der Waals surface area contributed by atoms with Gasteiger partial charge in [0.25, 0.3) is 5.91 Å². The lowest BCUT2D eigenvalue weighted by molar-refractivity contribution is -0.128. The molecular formula is C22H25N3O3. The Balaban J connectivity index is 1.60. The summed E-state index contributed by atoms with van der Waals surface area (Å²) < 4.78 is 11.2. The van der Waals surface area contributed by atoms with Gasteiger partial charge in [-0.05, 0) is 38.8 Å². The summed E-state index contributed by atoms with van der Waals surface area (Å²) in [6.07, 6.45) is -0.0293. The molecule has 1 atom stereocenters. The molecule has 146 valence electrons. The van der Waals surface area contributed by atoms with Crippen molar-refractivity contribution in [3.63, 3.8) is 0 Å². The molecule has 0 aliphatic rings. The van der Waals surface area contributed by atoms with E-state index in [1.165, 1.54) is 0 Å². The topological polar surface area (TPSA) is 77.2 Å². The first-order valence-corrected chi connectivity index (χ1v) is 9.37. The summed E-state index contributed by atoms with van der Waals surface area (Å²) in [4.78, 5) is 16.9. The standard InChI is InChI=1S/C22H25N3O3/c1-5-18(27-19-11-8-15(3)12-16(19)4)22(26)23-13-20-24-21(25-28-20)17-9-6-14(2)7-10-17/h6-12,18H,5,13H2,1-4H3,(H,23,26). The van der Waals surface area contributed by atoms with Gasteiger partial charge in [-0.15, -0.1) is 0 Å². The van der Waals surface area contributed by atoms with Crippen LogP contribution in [0.4, 0.5) is 0 Å². The van der Waals surface area contributed by atoms with Crippen molar-refractivity contribution < 1.29 is 14.1 Å². The highest BCUT2D eigenvalue weighted by molar-refractivity contribution is 5.81.